The fourth-order valence-electron chi connectivity index (χ4n) is 1.57. The van der Waals surface area contributed by atoms with Gasteiger partial charge in [0.25, 0.3) is 0 Å². The van der Waals surface area contributed by atoms with Crippen molar-refractivity contribution >= 4 is 0 Å². The van der Waals surface area contributed by atoms with Crippen LogP contribution in [0.5, 0.6) is 0 Å². The molecule has 2 nitrogen and oxygen atoms in total. The molecule has 0 saturated heterocycles. The summed E-state index contributed by atoms with van der Waals surface area (Å²) in [5, 5.41) is 12.9. The lowest BCUT2D eigenvalue weighted by Gasteiger charge is -2.26. The van der Waals surface area contributed by atoms with E-state index >= 15 is 0 Å². The van der Waals surface area contributed by atoms with Gasteiger partial charge in [0.2, 0.25) is 0 Å². The second-order valence-electron chi connectivity index (χ2n) is 4.56. The standard InChI is InChI=1S/C11H25NO/c1-6-10(7-2)9(3)12-8-11(4,5)13/h9-10,12-13H,6-8H2,1-5H3. The van der Waals surface area contributed by atoms with E-state index in [1.165, 1.54) is 12.8 Å². The first-order valence-electron chi connectivity index (χ1n) is 5.36. The van der Waals surface area contributed by atoms with Crippen LogP contribution in [0.15, 0.2) is 0 Å². The molecule has 0 rings (SSSR count). The molecule has 0 bridgehead atoms. The average Bonchev–Trinajstić information content (AvgIpc) is 2.02. The molecule has 0 radical (unpaired) electrons. The lowest BCUT2D eigenvalue weighted by Crippen LogP contribution is -2.42. The fraction of sp³-hybridized carbons (Fsp3) is 1.00. The van der Waals surface area contributed by atoms with Gasteiger partial charge in [-0.3, -0.25) is 0 Å². The molecule has 0 saturated carbocycles. The molecule has 0 aliphatic rings. The first kappa shape index (κ1) is 12.9. The number of aliphatic hydroxyl groups is 1. The zero-order valence-electron chi connectivity index (χ0n) is 9.72. The molecule has 2 heteroatoms. The summed E-state index contributed by atoms with van der Waals surface area (Å²) in [5.41, 5.74) is -0.597. The van der Waals surface area contributed by atoms with E-state index in [9.17, 15) is 5.11 Å². The van der Waals surface area contributed by atoms with Crippen molar-refractivity contribution < 1.29 is 5.11 Å². The first-order chi connectivity index (χ1) is 5.90. The molecule has 1 atom stereocenters. The van der Waals surface area contributed by atoms with Crippen LogP contribution in [-0.4, -0.2) is 23.3 Å². The van der Waals surface area contributed by atoms with Gasteiger partial charge in [-0.05, 0) is 26.7 Å². The summed E-state index contributed by atoms with van der Waals surface area (Å²) < 4.78 is 0. The lowest BCUT2D eigenvalue weighted by molar-refractivity contribution is 0.0740. The smallest absolute Gasteiger partial charge is 0.0715 e. The monoisotopic (exact) mass is 187 g/mol. The van der Waals surface area contributed by atoms with Crippen molar-refractivity contribution in [3.63, 3.8) is 0 Å². The van der Waals surface area contributed by atoms with Gasteiger partial charge < -0.3 is 10.4 Å². The minimum atomic E-state index is -0.597. The van der Waals surface area contributed by atoms with Crippen molar-refractivity contribution in [1.29, 1.82) is 0 Å². The minimum absolute atomic E-state index is 0.501. The third-order valence-electron chi connectivity index (χ3n) is 2.61. The van der Waals surface area contributed by atoms with E-state index in [0.717, 1.165) is 5.92 Å². The summed E-state index contributed by atoms with van der Waals surface area (Å²) in [5.74, 6) is 0.724. The highest BCUT2D eigenvalue weighted by atomic mass is 16.3. The van der Waals surface area contributed by atoms with Crippen molar-refractivity contribution in [2.75, 3.05) is 6.54 Å². The van der Waals surface area contributed by atoms with Crippen molar-refractivity contribution in [3.05, 3.63) is 0 Å². The Morgan fingerprint density at radius 1 is 1.23 bits per heavy atom. The molecule has 0 aliphatic carbocycles. The van der Waals surface area contributed by atoms with Crippen LogP contribution < -0.4 is 5.32 Å². The van der Waals surface area contributed by atoms with Crippen molar-refractivity contribution in [2.45, 2.75) is 59.1 Å². The zero-order chi connectivity index (χ0) is 10.5. The summed E-state index contributed by atoms with van der Waals surface area (Å²) in [6.45, 7) is 11.0. The molecule has 2 N–H and O–H groups in total. The second-order valence-corrected chi connectivity index (χ2v) is 4.56. The fourth-order valence-corrected chi connectivity index (χ4v) is 1.57. The highest BCUT2D eigenvalue weighted by Crippen LogP contribution is 2.13. The maximum absolute atomic E-state index is 9.53. The van der Waals surface area contributed by atoms with Crippen molar-refractivity contribution in [3.8, 4) is 0 Å². The van der Waals surface area contributed by atoms with Crippen LogP contribution in [0.2, 0.25) is 0 Å². The minimum Gasteiger partial charge on any atom is -0.389 e. The van der Waals surface area contributed by atoms with Gasteiger partial charge in [-0.15, -0.1) is 0 Å². The van der Waals surface area contributed by atoms with E-state index in [1.54, 1.807) is 0 Å². The van der Waals surface area contributed by atoms with Crippen LogP contribution in [0.1, 0.15) is 47.5 Å². The maximum Gasteiger partial charge on any atom is 0.0715 e. The number of hydrogen-bond donors (Lipinski definition) is 2. The Kier molecular flexibility index (Phi) is 5.57. The number of nitrogens with one attached hydrogen (secondary N) is 1. The Bertz CT molecular complexity index is 125. The molecular formula is C11H25NO. The Morgan fingerprint density at radius 3 is 2.00 bits per heavy atom. The van der Waals surface area contributed by atoms with Crippen LogP contribution in [0, 0.1) is 5.92 Å². The van der Waals surface area contributed by atoms with Gasteiger partial charge in [-0.1, -0.05) is 26.7 Å². The van der Waals surface area contributed by atoms with Gasteiger partial charge in [-0.2, -0.15) is 0 Å². The highest BCUT2D eigenvalue weighted by Gasteiger charge is 2.17. The lowest BCUT2D eigenvalue weighted by atomic mass is 9.95. The van der Waals surface area contributed by atoms with Crippen molar-refractivity contribution in [2.24, 2.45) is 5.92 Å². The van der Waals surface area contributed by atoms with Crippen LogP contribution >= 0.6 is 0 Å². The molecule has 1 unspecified atom stereocenters. The Labute approximate surface area is 82.7 Å². The van der Waals surface area contributed by atoms with Gasteiger partial charge >= 0.3 is 0 Å². The third kappa shape index (κ3) is 6.05. The first-order valence-corrected chi connectivity index (χ1v) is 5.36. The maximum atomic E-state index is 9.53. The molecule has 0 aromatic carbocycles. The van der Waals surface area contributed by atoms with Crippen molar-refractivity contribution in [1.82, 2.24) is 5.32 Å². The molecule has 0 aliphatic heterocycles. The second kappa shape index (κ2) is 5.61. The normalized spacial score (nSPS) is 15.0. The van der Waals surface area contributed by atoms with Crippen LogP contribution in [0.3, 0.4) is 0 Å². The summed E-state index contributed by atoms with van der Waals surface area (Å²) in [6.07, 6.45) is 2.41. The van der Waals surface area contributed by atoms with E-state index in [2.05, 4.69) is 26.1 Å². The molecule has 0 aromatic rings. The Balaban J connectivity index is 3.78. The van der Waals surface area contributed by atoms with E-state index in [1.807, 2.05) is 13.8 Å². The van der Waals surface area contributed by atoms with E-state index in [0.29, 0.717) is 12.6 Å². The molecular weight excluding hydrogens is 162 g/mol. The van der Waals surface area contributed by atoms with E-state index in [4.69, 9.17) is 0 Å². The van der Waals surface area contributed by atoms with Gasteiger partial charge in [0.05, 0.1) is 5.60 Å². The quantitative estimate of drug-likeness (QED) is 0.668. The summed E-state index contributed by atoms with van der Waals surface area (Å²) in [6, 6.07) is 0.501. The van der Waals surface area contributed by atoms with Crippen LogP contribution in [-0.2, 0) is 0 Å². The van der Waals surface area contributed by atoms with E-state index < -0.39 is 5.60 Å². The van der Waals surface area contributed by atoms with E-state index in [-0.39, 0.29) is 0 Å². The molecule has 80 valence electrons. The molecule has 13 heavy (non-hydrogen) atoms. The van der Waals surface area contributed by atoms with Crippen LogP contribution in [0.4, 0.5) is 0 Å². The van der Waals surface area contributed by atoms with Crippen LogP contribution in [0.25, 0.3) is 0 Å². The zero-order valence-corrected chi connectivity index (χ0v) is 9.72. The molecule has 0 amide bonds. The summed E-state index contributed by atoms with van der Waals surface area (Å²) in [4.78, 5) is 0. The van der Waals surface area contributed by atoms with Gasteiger partial charge in [-0.25, -0.2) is 0 Å². The number of hydrogen-bond acceptors (Lipinski definition) is 2. The molecule has 0 aromatic heterocycles. The molecule has 0 heterocycles. The van der Waals surface area contributed by atoms with Gasteiger partial charge in [0.1, 0.15) is 0 Å². The summed E-state index contributed by atoms with van der Waals surface area (Å²) in [7, 11) is 0. The Hall–Kier alpha value is -0.0800. The molecule has 0 fully saturated rings. The number of rotatable bonds is 6. The SMILES string of the molecule is CCC(CC)C(C)NCC(C)(C)O. The van der Waals surface area contributed by atoms with Gasteiger partial charge in [0, 0.05) is 12.6 Å². The van der Waals surface area contributed by atoms with Gasteiger partial charge in [0.15, 0.2) is 0 Å². The third-order valence-corrected chi connectivity index (χ3v) is 2.61. The topological polar surface area (TPSA) is 32.3 Å². The predicted molar refractivity (Wildman–Crippen MR) is 57.8 cm³/mol. The Morgan fingerprint density at radius 2 is 1.69 bits per heavy atom. The predicted octanol–water partition coefficient (Wildman–Crippen LogP) is 2.17. The molecule has 0 spiro atoms. The average molecular weight is 187 g/mol. The largest absolute Gasteiger partial charge is 0.389 e. The highest BCUT2D eigenvalue weighted by molar-refractivity contribution is 4.75. The summed E-state index contributed by atoms with van der Waals surface area (Å²) >= 11 is 0.